The number of hydrogen-bond donors (Lipinski definition) is 1. The van der Waals surface area contributed by atoms with Crippen LogP contribution in [-0.2, 0) is 12.8 Å². The molecule has 0 spiro atoms. The van der Waals surface area contributed by atoms with E-state index in [-0.39, 0.29) is 0 Å². The van der Waals surface area contributed by atoms with Crippen molar-refractivity contribution >= 4 is 11.3 Å². The van der Waals surface area contributed by atoms with E-state index in [0.717, 1.165) is 12.3 Å². The fraction of sp³-hybridized carbons (Fsp3) is 0.769. The van der Waals surface area contributed by atoms with Crippen molar-refractivity contribution in [3.63, 3.8) is 0 Å². The molecule has 0 aliphatic carbocycles. The van der Waals surface area contributed by atoms with E-state index in [1.165, 1.54) is 54.4 Å². The van der Waals surface area contributed by atoms with Gasteiger partial charge in [-0.05, 0) is 58.0 Å². The molecule has 1 fully saturated rings. The number of thiazole rings is 1. The summed E-state index contributed by atoms with van der Waals surface area (Å²) >= 11 is 1.94. The molecule has 1 aliphatic rings. The van der Waals surface area contributed by atoms with Gasteiger partial charge >= 0.3 is 0 Å². The van der Waals surface area contributed by atoms with Crippen molar-refractivity contribution in [1.29, 1.82) is 0 Å². The van der Waals surface area contributed by atoms with Crippen LogP contribution in [0.2, 0.25) is 0 Å². The highest BCUT2D eigenvalue weighted by molar-refractivity contribution is 7.11. The molecule has 16 heavy (non-hydrogen) atoms. The molecule has 1 N–H and O–H groups in total. The molecule has 2 nitrogen and oxygen atoms in total. The van der Waals surface area contributed by atoms with E-state index in [1.807, 2.05) is 11.3 Å². The quantitative estimate of drug-likeness (QED) is 0.872. The molecule has 0 bridgehead atoms. The van der Waals surface area contributed by atoms with Crippen LogP contribution in [0, 0.1) is 12.8 Å². The van der Waals surface area contributed by atoms with Gasteiger partial charge < -0.3 is 5.32 Å². The van der Waals surface area contributed by atoms with Gasteiger partial charge in [0, 0.05) is 4.88 Å². The molecule has 0 aromatic carbocycles. The summed E-state index contributed by atoms with van der Waals surface area (Å²) in [6.45, 7) is 6.79. The summed E-state index contributed by atoms with van der Waals surface area (Å²) in [7, 11) is 0. The molecule has 1 aromatic rings. The molecule has 2 heterocycles. The summed E-state index contributed by atoms with van der Waals surface area (Å²) in [6, 6.07) is 0. The lowest BCUT2D eigenvalue weighted by Gasteiger charge is -2.22. The third-order valence-corrected chi connectivity index (χ3v) is 4.51. The largest absolute Gasteiger partial charge is 0.316 e. The van der Waals surface area contributed by atoms with Gasteiger partial charge in [-0.3, -0.25) is 0 Å². The molecular weight excluding hydrogens is 216 g/mol. The normalized spacial score (nSPS) is 21.2. The molecule has 1 unspecified atom stereocenters. The van der Waals surface area contributed by atoms with Gasteiger partial charge in [-0.2, -0.15) is 0 Å². The maximum absolute atomic E-state index is 4.66. The predicted octanol–water partition coefficient (Wildman–Crippen LogP) is 2.95. The Bertz CT molecular complexity index is 327. The van der Waals surface area contributed by atoms with E-state index < -0.39 is 0 Å². The third-order valence-electron chi connectivity index (χ3n) is 3.27. The van der Waals surface area contributed by atoms with Gasteiger partial charge in [0.2, 0.25) is 0 Å². The Morgan fingerprint density at radius 2 is 2.38 bits per heavy atom. The Labute approximate surface area is 102 Å². The summed E-state index contributed by atoms with van der Waals surface area (Å²) in [5, 5.41) is 4.82. The van der Waals surface area contributed by atoms with Crippen LogP contribution in [0.3, 0.4) is 0 Å². The lowest BCUT2D eigenvalue weighted by atomic mass is 9.95. The average molecular weight is 238 g/mol. The maximum atomic E-state index is 4.66. The number of piperidine rings is 1. The van der Waals surface area contributed by atoms with Crippen LogP contribution in [0.25, 0.3) is 0 Å². The Morgan fingerprint density at radius 3 is 3.06 bits per heavy atom. The lowest BCUT2D eigenvalue weighted by Crippen LogP contribution is -2.30. The second-order valence-corrected chi connectivity index (χ2v) is 5.95. The van der Waals surface area contributed by atoms with E-state index >= 15 is 0 Å². The number of rotatable bonds is 4. The first-order chi connectivity index (χ1) is 7.79. The van der Waals surface area contributed by atoms with E-state index in [9.17, 15) is 0 Å². The molecule has 1 atom stereocenters. The molecule has 1 saturated heterocycles. The van der Waals surface area contributed by atoms with Gasteiger partial charge in [-0.1, -0.05) is 6.92 Å². The number of nitrogens with one attached hydrogen (secondary N) is 1. The van der Waals surface area contributed by atoms with Gasteiger partial charge in [0.25, 0.3) is 0 Å². The third kappa shape index (κ3) is 3.05. The van der Waals surface area contributed by atoms with Gasteiger partial charge in [0.1, 0.15) is 0 Å². The summed E-state index contributed by atoms with van der Waals surface area (Å²) in [5.74, 6) is 0.836. The predicted molar refractivity (Wildman–Crippen MR) is 70.1 cm³/mol. The minimum atomic E-state index is 0.836. The monoisotopic (exact) mass is 238 g/mol. The minimum Gasteiger partial charge on any atom is -0.316 e. The maximum Gasteiger partial charge on any atom is 0.0930 e. The highest BCUT2D eigenvalue weighted by Crippen LogP contribution is 2.24. The lowest BCUT2D eigenvalue weighted by molar-refractivity contribution is 0.377. The smallest absolute Gasteiger partial charge is 0.0930 e. The highest BCUT2D eigenvalue weighted by Gasteiger charge is 2.16. The molecule has 1 aromatic heterocycles. The molecule has 3 heteroatoms. The van der Waals surface area contributed by atoms with Crippen LogP contribution in [-0.4, -0.2) is 18.1 Å². The first-order valence-electron chi connectivity index (χ1n) is 6.45. The molecule has 0 radical (unpaired) electrons. The number of aryl methyl sites for hydroxylation is 2. The average Bonchev–Trinajstić information content (AvgIpc) is 2.61. The Kier molecular flexibility index (Phi) is 4.36. The molecule has 90 valence electrons. The second kappa shape index (κ2) is 5.78. The van der Waals surface area contributed by atoms with Crippen molar-refractivity contribution in [3.8, 4) is 0 Å². The Morgan fingerprint density at radius 1 is 1.50 bits per heavy atom. The summed E-state index contributed by atoms with van der Waals surface area (Å²) in [5.41, 5.74) is 1.28. The first-order valence-corrected chi connectivity index (χ1v) is 7.27. The second-order valence-electron chi connectivity index (χ2n) is 4.78. The zero-order valence-electron chi connectivity index (χ0n) is 10.4. The highest BCUT2D eigenvalue weighted by atomic mass is 32.1. The van der Waals surface area contributed by atoms with Gasteiger partial charge in [-0.15, -0.1) is 11.3 Å². The van der Waals surface area contributed by atoms with Crippen molar-refractivity contribution in [2.45, 2.75) is 46.0 Å². The van der Waals surface area contributed by atoms with Crippen LogP contribution < -0.4 is 5.32 Å². The van der Waals surface area contributed by atoms with E-state index in [1.54, 1.807) is 0 Å². The minimum absolute atomic E-state index is 0.836. The van der Waals surface area contributed by atoms with Crippen LogP contribution in [0.1, 0.15) is 41.8 Å². The van der Waals surface area contributed by atoms with Gasteiger partial charge in [0.15, 0.2) is 0 Å². The zero-order valence-corrected chi connectivity index (χ0v) is 11.2. The number of nitrogens with zero attached hydrogens (tertiary/aromatic N) is 1. The fourth-order valence-electron chi connectivity index (χ4n) is 2.36. The van der Waals surface area contributed by atoms with E-state index in [0.29, 0.717) is 0 Å². The van der Waals surface area contributed by atoms with Crippen molar-refractivity contribution in [1.82, 2.24) is 10.3 Å². The zero-order chi connectivity index (χ0) is 11.4. The molecule has 0 amide bonds. The Hall–Kier alpha value is -0.410. The molecule has 0 saturated carbocycles. The first kappa shape index (κ1) is 12.1. The van der Waals surface area contributed by atoms with Crippen molar-refractivity contribution in [2.75, 3.05) is 13.1 Å². The van der Waals surface area contributed by atoms with Gasteiger partial charge in [-0.25, -0.2) is 4.98 Å². The SMILES string of the molecule is CCCc1nc(C)c(CC2CCCNC2)s1. The molecular formula is C13H22N2S. The number of aromatic nitrogens is 1. The fourth-order valence-corrected chi connectivity index (χ4v) is 3.64. The van der Waals surface area contributed by atoms with Crippen molar-refractivity contribution < 1.29 is 0 Å². The number of hydrogen-bond acceptors (Lipinski definition) is 3. The van der Waals surface area contributed by atoms with Crippen molar-refractivity contribution in [3.05, 3.63) is 15.6 Å². The summed E-state index contributed by atoms with van der Waals surface area (Å²) in [6.07, 6.45) is 6.31. The van der Waals surface area contributed by atoms with Crippen LogP contribution in [0.15, 0.2) is 0 Å². The molecule has 1 aliphatic heterocycles. The summed E-state index contributed by atoms with van der Waals surface area (Å²) in [4.78, 5) is 6.19. The van der Waals surface area contributed by atoms with Crippen LogP contribution in [0.5, 0.6) is 0 Å². The van der Waals surface area contributed by atoms with Crippen molar-refractivity contribution in [2.24, 2.45) is 5.92 Å². The topological polar surface area (TPSA) is 24.9 Å². The van der Waals surface area contributed by atoms with Crippen LogP contribution in [0.4, 0.5) is 0 Å². The Balaban J connectivity index is 1.96. The standard InChI is InChI=1S/C13H22N2S/c1-3-5-13-15-10(2)12(16-13)8-11-6-4-7-14-9-11/h11,14H,3-9H2,1-2H3. The summed E-state index contributed by atoms with van der Waals surface area (Å²) < 4.78 is 0. The van der Waals surface area contributed by atoms with Gasteiger partial charge in [0.05, 0.1) is 10.7 Å². The van der Waals surface area contributed by atoms with E-state index in [4.69, 9.17) is 0 Å². The van der Waals surface area contributed by atoms with E-state index in [2.05, 4.69) is 24.1 Å². The van der Waals surface area contributed by atoms with Crippen LogP contribution >= 0.6 is 11.3 Å². The molecule has 2 rings (SSSR count).